The molecule has 0 spiro atoms. The van der Waals surface area contributed by atoms with E-state index < -0.39 is 0 Å². The number of hydrogen-bond acceptors (Lipinski definition) is 3. The molecule has 0 bridgehead atoms. The van der Waals surface area contributed by atoms with Crippen LogP contribution in [-0.2, 0) is 4.79 Å². The largest absolute Gasteiger partial charge is 0.363 e. The fourth-order valence-corrected chi connectivity index (χ4v) is 3.45. The minimum atomic E-state index is -0.339. The fraction of sp³-hybridized carbons (Fsp3) is 0.368. The topological polar surface area (TPSA) is 45.2 Å². The molecule has 2 aromatic rings. The number of anilines is 2. The van der Waals surface area contributed by atoms with Gasteiger partial charge in [0.25, 0.3) is 0 Å². The van der Waals surface area contributed by atoms with Crippen LogP contribution in [-0.4, -0.2) is 16.9 Å². The number of pyridine rings is 1. The summed E-state index contributed by atoms with van der Waals surface area (Å²) in [4.78, 5) is 18.3. The minimum Gasteiger partial charge on any atom is -0.363 e. The number of aryl methyl sites for hydroxylation is 1. The van der Waals surface area contributed by atoms with Gasteiger partial charge in [-0.2, -0.15) is 0 Å². The second-order valence-corrected chi connectivity index (χ2v) is 6.48. The van der Waals surface area contributed by atoms with Gasteiger partial charge in [0.15, 0.2) is 0 Å². The number of hydrogen-bond donors (Lipinski definition) is 1. The first-order valence-electron chi connectivity index (χ1n) is 8.18. The van der Waals surface area contributed by atoms with Crippen LogP contribution in [0.25, 0.3) is 0 Å². The van der Waals surface area contributed by atoms with Gasteiger partial charge < -0.3 is 10.2 Å². The molecule has 0 saturated carbocycles. The van der Waals surface area contributed by atoms with E-state index in [4.69, 9.17) is 0 Å². The molecule has 2 unspecified atom stereocenters. The van der Waals surface area contributed by atoms with E-state index in [0.29, 0.717) is 5.69 Å². The summed E-state index contributed by atoms with van der Waals surface area (Å²) in [5, 5.41) is 3.47. The summed E-state index contributed by atoms with van der Waals surface area (Å²) >= 11 is 0. The molecule has 2 heterocycles. The first-order valence-corrected chi connectivity index (χ1v) is 8.18. The van der Waals surface area contributed by atoms with Crippen molar-refractivity contribution in [2.24, 2.45) is 5.92 Å². The van der Waals surface area contributed by atoms with Gasteiger partial charge >= 0.3 is 0 Å². The third kappa shape index (κ3) is 2.86. The number of benzene rings is 1. The van der Waals surface area contributed by atoms with Crippen LogP contribution in [0.3, 0.4) is 0 Å². The quantitative estimate of drug-likeness (QED) is 0.904. The molecular formula is C19H22FN3O. The number of aromatic nitrogens is 1. The molecule has 1 aliphatic rings. The van der Waals surface area contributed by atoms with Gasteiger partial charge in [-0.15, -0.1) is 0 Å². The van der Waals surface area contributed by atoms with Gasteiger partial charge in [0.05, 0.1) is 11.7 Å². The highest BCUT2D eigenvalue weighted by Crippen LogP contribution is 2.42. The third-order valence-corrected chi connectivity index (χ3v) is 4.81. The molecule has 0 radical (unpaired) electrons. The average molecular weight is 327 g/mol. The molecule has 0 saturated heterocycles. The van der Waals surface area contributed by atoms with Crippen molar-refractivity contribution >= 4 is 17.4 Å². The first-order chi connectivity index (χ1) is 11.4. The van der Waals surface area contributed by atoms with E-state index in [1.807, 2.05) is 32.0 Å². The Morgan fingerprint density at radius 2 is 2.00 bits per heavy atom. The van der Waals surface area contributed by atoms with Crippen LogP contribution in [0.1, 0.15) is 38.1 Å². The van der Waals surface area contributed by atoms with Crippen LogP contribution in [0.15, 0.2) is 36.4 Å². The average Bonchev–Trinajstić information content (AvgIpc) is 2.51. The van der Waals surface area contributed by atoms with E-state index in [0.717, 1.165) is 17.1 Å². The normalized spacial score (nSPS) is 22.9. The highest BCUT2D eigenvalue weighted by Gasteiger charge is 2.38. The molecular weight excluding hydrogens is 305 g/mol. The molecule has 1 N–H and O–H groups in total. The molecule has 24 heavy (non-hydrogen) atoms. The zero-order valence-corrected chi connectivity index (χ0v) is 14.4. The Bertz CT molecular complexity index is 777. The molecule has 126 valence electrons. The van der Waals surface area contributed by atoms with E-state index in [2.05, 4.69) is 17.2 Å². The third-order valence-electron chi connectivity index (χ3n) is 4.81. The van der Waals surface area contributed by atoms with Crippen molar-refractivity contribution in [2.75, 3.05) is 10.2 Å². The SMILES string of the molecule is CC(=O)N1c2cc(F)ccc2C(Nc2cccc(C)n2)C(C)[C@@H]1C. The van der Waals surface area contributed by atoms with E-state index in [1.54, 1.807) is 11.0 Å². The van der Waals surface area contributed by atoms with Gasteiger partial charge in [-0.3, -0.25) is 4.79 Å². The Morgan fingerprint density at radius 3 is 2.67 bits per heavy atom. The summed E-state index contributed by atoms with van der Waals surface area (Å²) in [7, 11) is 0. The summed E-state index contributed by atoms with van der Waals surface area (Å²) in [6.07, 6.45) is 0. The number of nitrogens with zero attached hydrogens (tertiary/aromatic N) is 2. The van der Waals surface area contributed by atoms with Crippen molar-refractivity contribution in [3.05, 3.63) is 53.5 Å². The lowest BCUT2D eigenvalue weighted by Crippen LogP contribution is -2.48. The minimum absolute atomic E-state index is 0.0412. The van der Waals surface area contributed by atoms with Crippen molar-refractivity contribution in [3.8, 4) is 0 Å². The van der Waals surface area contributed by atoms with E-state index >= 15 is 0 Å². The number of fused-ring (bicyclic) bond motifs is 1. The van der Waals surface area contributed by atoms with Gasteiger partial charge in [0, 0.05) is 24.6 Å². The van der Waals surface area contributed by atoms with E-state index in [1.165, 1.54) is 19.1 Å². The van der Waals surface area contributed by atoms with Crippen LogP contribution < -0.4 is 10.2 Å². The molecule has 3 atom stereocenters. The first kappa shape index (κ1) is 16.4. The van der Waals surface area contributed by atoms with Gasteiger partial charge in [-0.1, -0.05) is 19.1 Å². The van der Waals surface area contributed by atoms with Crippen LogP contribution >= 0.6 is 0 Å². The van der Waals surface area contributed by atoms with Crippen molar-refractivity contribution in [2.45, 2.75) is 39.8 Å². The Morgan fingerprint density at radius 1 is 1.25 bits per heavy atom. The summed E-state index contributed by atoms with van der Waals surface area (Å²) in [5.74, 6) is 0.516. The molecule has 1 aliphatic heterocycles. The van der Waals surface area contributed by atoms with Crippen molar-refractivity contribution < 1.29 is 9.18 Å². The van der Waals surface area contributed by atoms with Crippen molar-refractivity contribution in [1.29, 1.82) is 0 Å². The maximum Gasteiger partial charge on any atom is 0.224 e. The fourth-order valence-electron chi connectivity index (χ4n) is 3.45. The predicted octanol–water partition coefficient (Wildman–Crippen LogP) is 4.07. The second kappa shape index (κ2) is 6.23. The van der Waals surface area contributed by atoms with Crippen LogP contribution in [0.5, 0.6) is 0 Å². The second-order valence-electron chi connectivity index (χ2n) is 6.48. The predicted molar refractivity (Wildman–Crippen MR) is 93.5 cm³/mol. The number of amides is 1. The summed E-state index contributed by atoms with van der Waals surface area (Å²) in [5.41, 5.74) is 2.49. The Kier molecular flexibility index (Phi) is 4.26. The number of rotatable bonds is 2. The maximum atomic E-state index is 13.8. The highest BCUT2D eigenvalue weighted by molar-refractivity contribution is 5.94. The van der Waals surface area contributed by atoms with Crippen LogP contribution in [0, 0.1) is 18.7 Å². The zero-order chi connectivity index (χ0) is 17.4. The number of carbonyl (C=O) groups is 1. The monoisotopic (exact) mass is 327 g/mol. The molecule has 1 aromatic carbocycles. The van der Waals surface area contributed by atoms with Crippen LogP contribution in [0.4, 0.5) is 15.9 Å². The van der Waals surface area contributed by atoms with Gasteiger partial charge in [-0.05, 0) is 43.7 Å². The Labute approximate surface area is 141 Å². The Balaban J connectivity index is 2.06. The van der Waals surface area contributed by atoms with Crippen molar-refractivity contribution in [1.82, 2.24) is 4.98 Å². The number of carbonyl (C=O) groups excluding carboxylic acids is 1. The Hall–Kier alpha value is -2.43. The number of nitrogens with one attached hydrogen (secondary N) is 1. The summed E-state index contributed by atoms with van der Waals surface area (Å²) < 4.78 is 13.8. The zero-order valence-electron chi connectivity index (χ0n) is 14.4. The van der Waals surface area contributed by atoms with Gasteiger partial charge in [-0.25, -0.2) is 9.37 Å². The number of halogens is 1. The molecule has 1 aromatic heterocycles. The van der Waals surface area contributed by atoms with E-state index in [9.17, 15) is 9.18 Å². The lowest BCUT2D eigenvalue weighted by molar-refractivity contribution is -0.117. The smallest absolute Gasteiger partial charge is 0.224 e. The van der Waals surface area contributed by atoms with E-state index in [-0.39, 0.29) is 29.7 Å². The lowest BCUT2D eigenvalue weighted by Gasteiger charge is -2.44. The van der Waals surface area contributed by atoms with Crippen LogP contribution in [0.2, 0.25) is 0 Å². The summed E-state index contributed by atoms with van der Waals surface area (Å²) in [6, 6.07) is 10.4. The summed E-state index contributed by atoms with van der Waals surface area (Å²) in [6.45, 7) is 7.56. The standard InChI is InChI=1S/C19H22FN3O/c1-11-6-5-7-18(21-11)22-19-12(2)13(3)23(14(4)24)17-10-15(20)8-9-16(17)19/h5-10,12-13,19H,1-4H3,(H,21,22)/t12?,13-,19?/m0/s1. The molecule has 0 fully saturated rings. The molecule has 5 heteroatoms. The molecule has 1 amide bonds. The van der Waals surface area contributed by atoms with Gasteiger partial charge in [0.2, 0.25) is 5.91 Å². The maximum absolute atomic E-state index is 13.8. The molecule has 0 aliphatic carbocycles. The molecule has 4 nitrogen and oxygen atoms in total. The molecule has 3 rings (SSSR count). The van der Waals surface area contributed by atoms with Crippen molar-refractivity contribution in [3.63, 3.8) is 0 Å². The highest BCUT2D eigenvalue weighted by atomic mass is 19.1. The van der Waals surface area contributed by atoms with Gasteiger partial charge in [0.1, 0.15) is 11.6 Å². The lowest BCUT2D eigenvalue weighted by atomic mass is 9.82.